The van der Waals surface area contributed by atoms with E-state index in [-0.39, 0.29) is 30.3 Å². The van der Waals surface area contributed by atoms with Gasteiger partial charge in [-0.3, -0.25) is 4.90 Å². The van der Waals surface area contributed by atoms with Gasteiger partial charge in [0.2, 0.25) is 5.28 Å². The lowest BCUT2D eigenvalue weighted by molar-refractivity contribution is 0.0469. The molecule has 0 fully saturated rings. The molecule has 0 spiro atoms. The van der Waals surface area contributed by atoms with Crippen LogP contribution >= 0.6 is 22.9 Å². The fourth-order valence-corrected chi connectivity index (χ4v) is 4.80. The van der Waals surface area contributed by atoms with Gasteiger partial charge in [-0.1, -0.05) is 0 Å². The maximum atomic E-state index is 12.3. The van der Waals surface area contributed by atoms with Crippen LogP contribution in [-0.4, -0.2) is 52.6 Å². The molecule has 0 aliphatic rings. The Morgan fingerprint density at radius 2 is 2.09 bits per heavy atom. The Hall–Kier alpha value is -2.89. The fourth-order valence-electron chi connectivity index (χ4n) is 3.31. The Bertz CT molecular complexity index is 1160. The highest BCUT2D eigenvalue weighted by Gasteiger charge is 2.26. The van der Waals surface area contributed by atoms with Gasteiger partial charge >= 0.3 is 12.2 Å². The first kappa shape index (κ1) is 25.7. The molecule has 0 aliphatic heterocycles. The predicted molar refractivity (Wildman–Crippen MR) is 129 cm³/mol. The summed E-state index contributed by atoms with van der Waals surface area (Å²) in [6, 6.07) is 2.98. The molecule has 1 atom stereocenters. The van der Waals surface area contributed by atoms with Crippen LogP contribution < -0.4 is 10.2 Å². The molecular weight excluding hydrogens is 484 g/mol. The molecule has 10 nitrogen and oxygen atoms in total. The average Bonchev–Trinajstić information content (AvgIpc) is 3.33. The van der Waals surface area contributed by atoms with Gasteiger partial charge in [-0.15, -0.1) is 11.3 Å². The molecule has 3 heterocycles. The van der Waals surface area contributed by atoms with Crippen molar-refractivity contribution >= 4 is 51.2 Å². The Morgan fingerprint density at radius 3 is 2.68 bits per heavy atom. The van der Waals surface area contributed by atoms with Crippen molar-refractivity contribution in [2.75, 3.05) is 18.6 Å². The van der Waals surface area contributed by atoms with Crippen LogP contribution in [0.25, 0.3) is 10.2 Å². The van der Waals surface area contributed by atoms with Gasteiger partial charge in [0.15, 0.2) is 5.82 Å². The smallest absolute Gasteiger partial charge is 0.413 e. The van der Waals surface area contributed by atoms with Crippen molar-refractivity contribution in [2.45, 2.75) is 52.3 Å². The minimum absolute atomic E-state index is 0.0381. The standard InChI is InChI=1S/C22H27ClN4O6S/c1-12-15(9-13(11-31-5)24-20(28)33-22(2,3)4)34-17-16(12)25-19(23)26-18(17)27(21(29)30)10-14-7-6-8-32-14/h6-8,13H,9-11H2,1-5H3,(H,24,28)(H,29,30)/t13-/m1/s1. The van der Waals surface area contributed by atoms with Gasteiger partial charge in [-0.2, -0.15) is 4.98 Å². The number of nitrogens with one attached hydrogen (secondary N) is 1. The van der Waals surface area contributed by atoms with Gasteiger partial charge in [0.1, 0.15) is 11.4 Å². The number of furan rings is 1. The summed E-state index contributed by atoms with van der Waals surface area (Å²) in [5, 5.41) is 12.6. The van der Waals surface area contributed by atoms with E-state index in [2.05, 4.69) is 15.3 Å². The zero-order chi connectivity index (χ0) is 25.0. The van der Waals surface area contributed by atoms with Gasteiger partial charge in [0.25, 0.3) is 0 Å². The third-order valence-electron chi connectivity index (χ3n) is 4.72. The molecule has 3 aromatic rings. The number of halogens is 1. The number of hydrogen-bond donors (Lipinski definition) is 2. The normalized spacial score (nSPS) is 12.5. The van der Waals surface area contributed by atoms with E-state index in [9.17, 15) is 14.7 Å². The number of rotatable bonds is 8. The summed E-state index contributed by atoms with van der Waals surface area (Å²) in [5.74, 6) is 0.627. The number of methoxy groups -OCH3 is 1. The van der Waals surface area contributed by atoms with Crippen LogP contribution in [0.3, 0.4) is 0 Å². The van der Waals surface area contributed by atoms with Crippen LogP contribution in [0.4, 0.5) is 15.4 Å². The van der Waals surface area contributed by atoms with Crippen LogP contribution in [0, 0.1) is 6.92 Å². The molecule has 2 amide bonds. The number of carbonyl (C=O) groups is 2. The highest BCUT2D eigenvalue weighted by atomic mass is 35.5. The van der Waals surface area contributed by atoms with Crippen LogP contribution in [0.15, 0.2) is 22.8 Å². The van der Waals surface area contributed by atoms with E-state index in [1.54, 1.807) is 40.0 Å². The monoisotopic (exact) mass is 510 g/mol. The molecule has 3 aromatic heterocycles. The predicted octanol–water partition coefficient (Wildman–Crippen LogP) is 5.01. The highest BCUT2D eigenvalue weighted by Crippen LogP contribution is 2.37. The lowest BCUT2D eigenvalue weighted by atomic mass is 10.1. The van der Waals surface area contributed by atoms with Gasteiger partial charge in [0, 0.05) is 18.4 Å². The number of aromatic nitrogens is 2. The number of aryl methyl sites for hydroxylation is 1. The molecule has 0 unspecified atom stereocenters. The lowest BCUT2D eigenvalue weighted by Crippen LogP contribution is -2.42. The number of nitrogens with zero attached hydrogens (tertiary/aromatic N) is 3. The summed E-state index contributed by atoms with van der Waals surface area (Å²) in [4.78, 5) is 34.9. The third kappa shape index (κ3) is 6.37. The lowest BCUT2D eigenvalue weighted by Gasteiger charge is -2.23. The molecule has 0 radical (unpaired) electrons. The molecule has 184 valence electrons. The number of fused-ring (bicyclic) bond motifs is 1. The van der Waals surface area contributed by atoms with Crippen molar-refractivity contribution in [1.82, 2.24) is 15.3 Å². The molecule has 34 heavy (non-hydrogen) atoms. The van der Waals surface area contributed by atoms with Crippen molar-refractivity contribution < 1.29 is 28.6 Å². The molecule has 0 bridgehead atoms. The zero-order valence-corrected chi connectivity index (χ0v) is 21.1. The van der Waals surface area contributed by atoms with Gasteiger partial charge < -0.3 is 24.3 Å². The number of carbonyl (C=O) groups excluding carboxylic acids is 1. The number of carboxylic acid groups (broad SMARTS) is 1. The molecule has 0 aliphatic carbocycles. The second-order valence-electron chi connectivity index (χ2n) is 8.59. The van der Waals surface area contributed by atoms with Crippen molar-refractivity contribution in [1.29, 1.82) is 0 Å². The van der Waals surface area contributed by atoms with Crippen molar-refractivity contribution in [2.24, 2.45) is 0 Å². The van der Waals surface area contributed by atoms with Crippen molar-refractivity contribution in [3.8, 4) is 0 Å². The summed E-state index contributed by atoms with van der Waals surface area (Å²) in [5.41, 5.74) is 0.736. The number of ether oxygens (including phenoxy) is 2. The highest BCUT2D eigenvalue weighted by molar-refractivity contribution is 7.19. The molecule has 12 heteroatoms. The number of alkyl carbamates (subject to hydrolysis) is 1. The first-order valence-electron chi connectivity index (χ1n) is 10.4. The summed E-state index contributed by atoms with van der Waals surface area (Å²) >= 11 is 7.51. The topological polar surface area (TPSA) is 127 Å². The second-order valence-corrected chi connectivity index (χ2v) is 10.0. The van der Waals surface area contributed by atoms with Crippen molar-refractivity contribution in [3.05, 3.63) is 39.9 Å². The van der Waals surface area contributed by atoms with Crippen LogP contribution in [0.1, 0.15) is 37.0 Å². The molecular formula is C22H27ClN4O6S. The Morgan fingerprint density at radius 1 is 1.35 bits per heavy atom. The average molecular weight is 511 g/mol. The number of thiophene rings is 1. The molecule has 0 aromatic carbocycles. The van der Waals surface area contributed by atoms with Gasteiger partial charge in [-0.05, 0) is 57.0 Å². The molecule has 3 rings (SSSR count). The third-order valence-corrected chi connectivity index (χ3v) is 6.19. The van der Waals surface area contributed by atoms with E-state index in [0.717, 1.165) is 15.3 Å². The summed E-state index contributed by atoms with van der Waals surface area (Å²) in [7, 11) is 1.55. The Labute approximate surface area is 205 Å². The van der Waals surface area contributed by atoms with Crippen LogP contribution in [-0.2, 0) is 22.4 Å². The Balaban J connectivity index is 1.95. The SMILES string of the molecule is COC[C@@H](Cc1sc2c(N(Cc3ccco3)C(=O)O)nc(Cl)nc2c1C)NC(=O)OC(C)(C)C. The summed E-state index contributed by atoms with van der Waals surface area (Å²) < 4.78 is 16.5. The summed E-state index contributed by atoms with van der Waals surface area (Å²) in [6.07, 6.45) is 0.137. The minimum atomic E-state index is -1.20. The van der Waals surface area contributed by atoms with Crippen molar-refractivity contribution in [3.63, 3.8) is 0 Å². The molecule has 0 saturated heterocycles. The summed E-state index contributed by atoms with van der Waals surface area (Å²) in [6.45, 7) is 7.45. The number of hydrogen-bond acceptors (Lipinski definition) is 8. The van der Waals surface area contributed by atoms with Crippen LogP contribution in [0.5, 0.6) is 0 Å². The van der Waals surface area contributed by atoms with E-state index >= 15 is 0 Å². The van der Waals surface area contributed by atoms with E-state index in [1.807, 2.05) is 6.92 Å². The first-order valence-corrected chi connectivity index (χ1v) is 11.6. The Kier molecular flexibility index (Phi) is 8.01. The molecule has 0 saturated carbocycles. The number of amides is 2. The van der Waals surface area contributed by atoms with Gasteiger partial charge in [0.05, 0.1) is 35.7 Å². The largest absolute Gasteiger partial charge is 0.467 e. The van der Waals surface area contributed by atoms with E-state index in [4.69, 9.17) is 25.5 Å². The van der Waals surface area contributed by atoms with E-state index in [1.165, 1.54) is 17.6 Å². The van der Waals surface area contributed by atoms with E-state index < -0.39 is 17.8 Å². The maximum absolute atomic E-state index is 12.3. The zero-order valence-electron chi connectivity index (χ0n) is 19.5. The fraction of sp³-hybridized carbons (Fsp3) is 0.455. The van der Waals surface area contributed by atoms with Crippen LogP contribution in [0.2, 0.25) is 5.28 Å². The minimum Gasteiger partial charge on any atom is -0.467 e. The quantitative estimate of drug-likeness (QED) is 0.405. The van der Waals surface area contributed by atoms with Gasteiger partial charge in [-0.25, -0.2) is 14.6 Å². The van der Waals surface area contributed by atoms with E-state index in [0.29, 0.717) is 22.4 Å². The number of anilines is 1. The first-order chi connectivity index (χ1) is 16.0. The maximum Gasteiger partial charge on any atom is 0.413 e. The molecule has 2 N–H and O–H groups in total. The second kappa shape index (κ2) is 10.6.